The first-order valence-corrected chi connectivity index (χ1v) is 5.15. The van der Waals surface area contributed by atoms with Crippen LogP contribution in [0.3, 0.4) is 0 Å². The van der Waals surface area contributed by atoms with Crippen LogP contribution >= 0.6 is 22.6 Å². The van der Waals surface area contributed by atoms with E-state index in [1.54, 1.807) is 6.08 Å². The van der Waals surface area contributed by atoms with Gasteiger partial charge in [-0.3, -0.25) is 4.79 Å². The summed E-state index contributed by atoms with van der Waals surface area (Å²) in [7, 11) is 0. The number of halogens is 1. The molecular formula is C8H13IO3. The van der Waals surface area contributed by atoms with E-state index < -0.39 is 0 Å². The minimum atomic E-state index is -0.265. The van der Waals surface area contributed by atoms with Gasteiger partial charge in [-0.15, -0.1) is 6.58 Å². The summed E-state index contributed by atoms with van der Waals surface area (Å²) in [5.74, 6) is -0.265. The molecule has 0 spiro atoms. The first-order valence-electron chi connectivity index (χ1n) is 3.62. The maximum absolute atomic E-state index is 10.5. The smallest absolute Gasteiger partial charge is 0.303 e. The molecule has 3 nitrogen and oxygen atoms in total. The highest BCUT2D eigenvalue weighted by Crippen LogP contribution is 1.99. The van der Waals surface area contributed by atoms with Crippen molar-refractivity contribution in [3.05, 3.63) is 12.7 Å². The van der Waals surface area contributed by atoms with Crippen molar-refractivity contribution in [2.75, 3.05) is 17.6 Å². The van der Waals surface area contributed by atoms with Gasteiger partial charge >= 0.3 is 5.97 Å². The molecule has 0 saturated carbocycles. The molecule has 0 amide bonds. The number of alkyl halides is 1. The zero-order chi connectivity index (χ0) is 9.40. The third-order valence-corrected chi connectivity index (χ3v) is 2.03. The standard InChI is InChI=1S/C8H13IO3/c1-3-4-11-6-8(5-9)12-7(2)10/h3,8H,1,4-6H2,2H3. The molecule has 4 heteroatoms. The molecule has 0 fully saturated rings. The summed E-state index contributed by atoms with van der Waals surface area (Å²) in [6, 6.07) is 0. The SMILES string of the molecule is C=CCOCC(CI)OC(C)=O. The fraction of sp³-hybridized carbons (Fsp3) is 0.625. The third kappa shape index (κ3) is 6.60. The van der Waals surface area contributed by atoms with Crippen molar-refractivity contribution in [2.24, 2.45) is 0 Å². The van der Waals surface area contributed by atoms with Crippen LogP contribution in [0.2, 0.25) is 0 Å². The lowest BCUT2D eigenvalue weighted by atomic mass is 10.4. The minimum Gasteiger partial charge on any atom is -0.459 e. The lowest BCUT2D eigenvalue weighted by Gasteiger charge is -2.13. The summed E-state index contributed by atoms with van der Waals surface area (Å²) in [5.41, 5.74) is 0. The van der Waals surface area contributed by atoms with Crippen LogP contribution in [0.1, 0.15) is 6.92 Å². The molecule has 70 valence electrons. The van der Waals surface area contributed by atoms with E-state index in [4.69, 9.17) is 9.47 Å². The lowest BCUT2D eigenvalue weighted by molar-refractivity contribution is -0.147. The van der Waals surface area contributed by atoms with E-state index in [2.05, 4.69) is 29.2 Å². The van der Waals surface area contributed by atoms with E-state index in [1.807, 2.05) is 0 Å². The van der Waals surface area contributed by atoms with Crippen LogP contribution in [0.5, 0.6) is 0 Å². The van der Waals surface area contributed by atoms with Crippen LogP contribution < -0.4 is 0 Å². The van der Waals surface area contributed by atoms with Gasteiger partial charge in [-0.1, -0.05) is 28.7 Å². The highest BCUT2D eigenvalue weighted by molar-refractivity contribution is 14.1. The van der Waals surface area contributed by atoms with Gasteiger partial charge in [-0.25, -0.2) is 0 Å². The Balaban J connectivity index is 3.52. The monoisotopic (exact) mass is 284 g/mol. The van der Waals surface area contributed by atoms with E-state index in [0.717, 1.165) is 4.43 Å². The summed E-state index contributed by atoms with van der Waals surface area (Å²) < 4.78 is 10.8. The number of carbonyl (C=O) groups is 1. The zero-order valence-corrected chi connectivity index (χ0v) is 9.24. The average molecular weight is 284 g/mol. The van der Waals surface area contributed by atoms with Gasteiger partial charge < -0.3 is 9.47 Å². The lowest BCUT2D eigenvalue weighted by Crippen LogP contribution is -2.23. The van der Waals surface area contributed by atoms with E-state index >= 15 is 0 Å². The van der Waals surface area contributed by atoms with E-state index in [9.17, 15) is 4.79 Å². The van der Waals surface area contributed by atoms with E-state index in [1.165, 1.54) is 6.92 Å². The first-order chi connectivity index (χ1) is 5.70. The minimum absolute atomic E-state index is 0.136. The van der Waals surface area contributed by atoms with Crippen LogP contribution in [0.4, 0.5) is 0 Å². The Kier molecular flexibility index (Phi) is 7.48. The van der Waals surface area contributed by atoms with Crippen molar-refractivity contribution >= 4 is 28.6 Å². The molecule has 0 aromatic rings. The molecule has 0 saturated heterocycles. The number of rotatable bonds is 6. The molecular weight excluding hydrogens is 271 g/mol. The maximum Gasteiger partial charge on any atom is 0.303 e. The Morgan fingerprint density at radius 3 is 2.83 bits per heavy atom. The van der Waals surface area contributed by atoms with Gasteiger partial charge in [-0.2, -0.15) is 0 Å². The van der Waals surface area contributed by atoms with Crippen LogP contribution in [0, 0.1) is 0 Å². The number of carbonyl (C=O) groups excluding carboxylic acids is 1. The second kappa shape index (κ2) is 7.54. The fourth-order valence-electron chi connectivity index (χ4n) is 0.628. The van der Waals surface area contributed by atoms with Crippen molar-refractivity contribution in [3.63, 3.8) is 0 Å². The normalized spacial score (nSPS) is 12.2. The van der Waals surface area contributed by atoms with Crippen LogP contribution in [0.15, 0.2) is 12.7 Å². The summed E-state index contributed by atoms with van der Waals surface area (Å²) >= 11 is 2.15. The molecule has 0 heterocycles. The number of ether oxygens (including phenoxy) is 2. The van der Waals surface area contributed by atoms with Gasteiger partial charge in [-0.05, 0) is 0 Å². The molecule has 0 aromatic heterocycles. The Bertz CT molecular complexity index is 147. The summed E-state index contributed by atoms with van der Waals surface area (Å²) in [6.07, 6.45) is 1.53. The number of hydrogen-bond donors (Lipinski definition) is 0. The molecule has 0 N–H and O–H groups in total. The van der Waals surface area contributed by atoms with E-state index in [-0.39, 0.29) is 12.1 Å². The Hall–Kier alpha value is -0.100. The van der Waals surface area contributed by atoms with Crippen LogP contribution in [-0.4, -0.2) is 29.7 Å². The van der Waals surface area contributed by atoms with Crippen LogP contribution in [-0.2, 0) is 14.3 Å². The van der Waals surface area contributed by atoms with Gasteiger partial charge in [0.1, 0.15) is 6.10 Å². The van der Waals surface area contributed by atoms with Crippen molar-refractivity contribution in [1.82, 2.24) is 0 Å². The summed E-state index contributed by atoms with van der Waals surface area (Å²) in [6.45, 7) is 5.84. The molecule has 0 bridgehead atoms. The summed E-state index contributed by atoms with van der Waals surface area (Å²) in [5, 5.41) is 0. The zero-order valence-electron chi connectivity index (χ0n) is 7.09. The van der Waals surface area contributed by atoms with Crippen molar-refractivity contribution < 1.29 is 14.3 Å². The van der Waals surface area contributed by atoms with Gasteiger partial charge in [0.05, 0.1) is 13.2 Å². The Morgan fingerprint density at radius 1 is 1.75 bits per heavy atom. The number of hydrogen-bond acceptors (Lipinski definition) is 3. The molecule has 0 radical (unpaired) electrons. The average Bonchev–Trinajstić information content (AvgIpc) is 2.02. The molecule has 0 aliphatic rings. The molecule has 12 heavy (non-hydrogen) atoms. The van der Waals surface area contributed by atoms with Gasteiger partial charge in [0, 0.05) is 11.4 Å². The topological polar surface area (TPSA) is 35.5 Å². The van der Waals surface area contributed by atoms with E-state index in [0.29, 0.717) is 13.2 Å². The largest absolute Gasteiger partial charge is 0.459 e. The predicted molar refractivity (Wildman–Crippen MR) is 55.5 cm³/mol. The van der Waals surface area contributed by atoms with Crippen LogP contribution in [0.25, 0.3) is 0 Å². The molecule has 0 aromatic carbocycles. The number of esters is 1. The molecule has 0 aliphatic carbocycles. The molecule has 0 aliphatic heterocycles. The second-order valence-electron chi connectivity index (χ2n) is 2.21. The molecule has 0 rings (SSSR count). The molecule has 1 unspecified atom stereocenters. The van der Waals surface area contributed by atoms with Crippen molar-refractivity contribution in [1.29, 1.82) is 0 Å². The second-order valence-corrected chi connectivity index (χ2v) is 3.09. The Labute approximate surface area is 86.3 Å². The Morgan fingerprint density at radius 2 is 2.42 bits per heavy atom. The van der Waals surface area contributed by atoms with Crippen molar-refractivity contribution in [2.45, 2.75) is 13.0 Å². The van der Waals surface area contributed by atoms with Gasteiger partial charge in [0.25, 0.3) is 0 Å². The van der Waals surface area contributed by atoms with Gasteiger partial charge in [0.15, 0.2) is 0 Å². The highest BCUT2D eigenvalue weighted by Gasteiger charge is 2.09. The maximum atomic E-state index is 10.5. The highest BCUT2D eigenvalue weighted by atomic mass is 127. The quantitative estimate of drug-likeness (QED) is 0.244. The fourth-order valence-corrected chi connectivity index (χ4v) is 1.06. The molecule has 1 atom stereocenters. The first kappa shape index (κ1) is 11.9. The van der Waals surface area contributed by atoms with Gasteiger partial charge in [0.2, 0.25) is 0 Å². The third-order valence-electron chi connectivity index (χ3n) is 1.04. The predicted octanol–water partition coefficient (Wildman–Crippen LogP) is 1.56. The summed E-state index contributed by atoms with van der Waals surface area (Å²) in [4.78, 5) is 10.5. The van der Waals surface area contributed by atoms with Crippen molar-refractivity contribution in [3.8, 4) is 0 Å².